The molecule has 0 fully saturated rings. The third-order valence-electron chi connectivity index (χ3n) is 3.72. The average molecular weight is 339 g/mol. The minimum Gasteiger partial charge on any atom is -0.266 e. The quantitative estimate of drug-likeness (QED) is 0.291. The largest absolute Gasteiger partial charge is 0.296 e. The number of hydrogen-bond acceptors (Lipinski definition) is 3. The minimum absolute atomic E-state index is 0.198. The van der Waals surface area contributed by atoms with Crippen molar-refractivity contribution in [1.82, 2.24) is 0 Å². The van der Waals surface area contributed by atoms with Crippen LogP contribution in [-0.4, -0.2) is 15.0 Å². The molecular formula is C19H30O3S. The van der Waals surface area contributed by atoms with Gasteiger partial charge in [-0.1, -0.05) is 68.9 Å². The molecule has 0 heterocycles. The molecule has 0 aromatic heterocycles. The second-order valence-electron chi connectivity index (χ2n) is 5.91. The van der Waals surface area contributed by atoms with Crippen LogP contribution in [0.25, 0.3) is 0 Å². The Morgan fingerprint density at radius 3 is 2.22 bits per heavy atom. The molecule has 23 heavy (non-hydrogen) atoms. The zero-order valence-corrected chi connectivity index (χ0v) is 15.3. The molecule has 0 bridgehead atoms. The third-order valence-corrected chi connectivity index (χ3v) is 5.05. The Kier molecular flexibility index (Phi) is 9.88. The molecule has 0 spiro atoms. The Hall–Kier alpha value is -1.13. The summed E-state index contributed by atoms with van der Waals surface area (Å²) in [6.07, 6.45) is 13.6. The van der Waals surface area contributed by atoms with Gasteiger partial charge in [0.25, 0.3) is 10.1 Å². The van der Waals surface area contributed by atoms with Gasteiger partial charge in [0.05, 0.1) is 11.5 Å². The number of allylic oxidation sites excluding steroid dienone is 1. The van der Waals surface area contributed by atoms with Gasteiger partial charge in [0.2, 0.25) is 0 Å². The summed E-state index contributed by atoms with van der Waals surface area (Å²) in [6.45, 7) is 4.35. The van der Waals surface area contributed by atoms with Gasteiger partial charge in [0.15, 0.2) is 0 Å². The molecule has 0 saturated heterocycles. The molecule has 0 unspecified atom stereocenters. The van der Waals surface area contributed by atoms with Crippen molar-refractivity contribution in [1.29, 1.82) is 0 Å². The van der Waals surface area contributed by atoms with E-state index in [1.807, 2.05) is 13.0 Å². The van der Waals surface area contributed by atoms with E-state index in [1.165, 1.54) is 38.5 Å². The van der Waals surface area contributed by atoms with Crippen molar-refractivity contribution in [2.75, 3.05) is 6.61 Å². The fourth-order valence-electron chi connectivity index (χ4n) is 2.28. The SMILES string of the molecule is CCCCCCCC/C=C\CCOS(=O)(=O)c1ccc(C)cc1. The molecule has 0 aliphatic carbocycles. The van der Waals surface area contributed by atoms with Gasteiger partial charge in [-0.2, -0.15) is 8.42 Å². The average Bonchev–Trinajstić information content (AvgIpc) is 2.53. The van der Waals surface area contributed by atoms with E-state index in [0.717, 1.165) is 12.0 Å². The minimum atomic E-state index is -3.62. The highest BCUT2D eigenvalue weighted by Gasteiger charge is 2.13. The maximum atomic E-state index is 12.0. The summed E-state index contributed by atoms with van der Waals surface area (Å²) in [6, 6.07) is 6.71. The van der Waals surface area contributed by atoms with Gasteiger partial charge >= 0.3 is 0 Å². The normalized spacial score (nSPS) is 12.1. The maximum absolute atomic E-state index is 12.0. The predicted molar refractivity (Wildman–Crippen MR) is 96.1 cm³/mol. The molecule has 0 radical (unpaired) electrons. The van der Waals surface area contributed by atoms with Crippen molar-refractivity contribution in [3.8, 4) is 0 Å². The first kappa shape index (κ1) is 19.9. The van der Waals surface area contributed by atoms with Crippen LogP contribution in [0.1, 0.15) is 63.9 Å². The number of rotatable bonds is 12. The standard InChI is InChI=1S/C19H30O3S/c1-3-4-5-6-7-8-9-10-11-12-17-22-23(20,21)19-15-13-18(2)14-16-19/h10-11,13-16H,3-9,12,17H2,1-2H3/b11-10-. The zero-order chi connectivity index (χ0) is 17.0. The molecular weight excluding hydrogens is 308 g/mol. The van der Waals surface area contributed by atoms with Crippen molar-refractivity contribution < 1.29 is 12.6 Å². The smallest absolute Gasteiger partial charge is 0.266 e. The van der Waals surface area contributed by atoms with Crippen molar-refractivity contribution in [2.45, 2.75) is 70.1 Å². The first-order chi connectivity index (χ1) is 11.1. The van der Waals surface area contributed by atoms with Gasteiger partial charge in [0, 0.05) is 0 Å². The van der Waals surface area contributed by atoms with Crippen LogP contribution < -0.4 is 0 Å². The molecule has 130 valence electrons. The Bertz CT molecular complexity index is 544. The van der Waals surface area contributed by atoms with Crippen molar-refractivity contribution in [3.05, 3.63) is 42.0 Å². The highest BCUT2D eigenvalue weighted by atomic mass is 32.2. The Morgan fingerprint density at radius 2 is 1.52 bits per heavy atom. The van der Waals surface area contributed by atoms with E-state index in [4.69, 9.17) is 4.18 Å². The summed E-state index contributed by atoms with van der Waals surface area (Å²) >= 11 is 0. The van der Waals surface area contributed by atoms with E-state index >= 15 is 0 Å². The molecule has 0 atom stereocenters. The van der Waals surface area contributed by atoms with Crippen LogP contribution in [0.4, 0.5) is 0 Å². The Morgan fingerprint density at radius 1 is 0.913 bits per heavy atom. The van der Waals surface area contributed by atoms with Crippen LogP contribution in [-0.2, 0) is 14.3 Å². The van der Waals surface area contributed by atoms with Crippen molar-refractivity contribution in [3.63, 3.8) is 0 Å². The lowest BCUT2D eigenvalue weighted by atomic mass is 10.1. The summed E-state index contributed by atoms with van der Waals surface area (Å²) in [5, 5.41) is 0. The molecule has 4 heteroatoms. The van der Waals surface area contributed by atoms with Crippen LogP contribution in [0.2, 0.25) is 0 Å². The summed E-state index contributed by atoms with van der Waals surface area (Å²) in [5.74, 6) is 0. The summed E-state index contributed by atoms with van der Waals surface area (Å²) in [7, 11) is -3.62. The highest BCUT2D eigenvalue weighted by molar-refractivity contribution is 7.86. The second kappa shape index (κ2) is 11.4. The van der Waals surface area contributed by atoms with E-state index in [-0.39, 0.29) is 11.5 Å². The van der Waals surface area contributed by atoms with Crippen LogP contribution in [0.5, 0.6) is 0 Å². The molecule has 0 N–H and O–H groups in total. The van der Waals surface area contributed by atoms with Gasteiger partial charge < -0.3 is 0 Å². The van der Waals surface area contributed by atoms with E-state index < -0.39 is 10.1 Å². The van der Waals surface area contributed by atoms with Gasteiger partial charge in [-0.15, -0.1) is 0 Å². The molecule has 0 amide bonds. The van der Waals surface area contributed by atoms with Crippen LogP contribution in [0.3, 0.4) is 0 Å². The van der Waals surface area contributed by atoms with Gasteiger partial charge in [-0.25, -0.2) is 0 Å². The van der Waals surface area contributed by atoms with Crippen molar-refractivity contribution in [2.24, 2.45) is 0 Å². The monoisotopic (exact) mass is 338 g/mol. The topological polar surface area (TPSA) is 43.4 Å². The predicted octanol–water partition coefficient (Wildman–Crippen LogP) is 5.40. The number of benzene rings is 1. The fraction of sp³-hybridized carbons (Fsp3) is 0.579. The molecule has 1 aromatic rings. The number of unbranched alkanes of at least 4 members (excludes halogenated alkanes) is 6. The lowest BCUT2D eigenvalue weighted by Crippen LogP contribution is -2.07. The third kappa shape index (κ3) is 8.92. The van der Waals surface area contributed by atoms with Crippen LogP contribution in [0.15, 0.2) is 41.3 Å². The molecule has 1 aromatic carbocycles. The summed E-state index contributed by atoms with van der Waals surface area (Å²) < 4.78 is 29.0. The second-order valence-corrected chi connectivity index (χ2v) is 7.52. The Labute approximate surface area is 141 Å². The number of hydrogen-bond donors (Lipinski definition) is 0. The lowest BCUT2D eigenvalue weighted by molar-refractivity contribution is 0.324. The first-order valence-electron chi connectivity index (χ1n) is 8.67. The zero-order valence-electron chi connectivity index (χ0n) is 14.5. The molecule has 0 saturated carbocycles. The van der Waals surface area contributed by atoms with E-state index in [0.29, 0.717) is 6.42 Å². The maximum Gasteiger partial charge on any atom is 0.296 e. The van der Waals surface area contributed by atoms with E-state index in [1.54, 1.807) is 24.3 Å². The van der Waals surface area contributed by atoms with Gasteiger partial charge in [0.1, 0.15) is 0 Å². The lowest BCUT2D eigenvalue weighted by Gasteiger charge is -2.04. The molecule has 1 rings (SSSR count). The summed E-state index contributed by atoms with van der Waals surface area (Å²) in [5.41, 5.74) is 1.03. The summed E-state index contributed by atoms with van der Waals surface area (Å²) in [4.78, 5) is 0.221. The van der Waals surface area contributed by atoms with Crippen molar-refractivity contribution >= 4 is 10.1 Å². The fourth-order valence-corrected chi connectivity index (χ4v) is 3.20. The number of aryl methyl sites for hydroxylation is 1. The van der Waals surface area contributed by atoms with Crippen LogP contribution >= 0.6 is 0 Å². The van der Waals surface area contributed by atoms with E-state index in [9.17, 15) is 8.42 Å². The molecule has 0 aliphatic rings. The Balaban J connectivity index is 2.14. The highest BCUT2D eigenvalue weighted by Crippen LogP contribution is 2.13. The van der Waals surface area contributed by atoms with Gasteiger partial charge in [-0.3, -0.25) is 4.18 Å². The van der Waals surface area contributed by atoms with E-state index in [2.05, 4.69) is 13.0 Å². The van der Waals surface area contributed by atoms with Gasteiger partial charge in [-0.05, 0) is 38.3 Å². The molecule has 3 nitrogen and oxygen atoms in total. The molecule has 0 aliphatic heterocycles. The first-order valence-corrected chi connectivity index (χ1v) is 10.1. The van der Waals surface area contributed by atoms with Crippen LogP contribution in [0, 0.1) is 6.92 Å².